The maximum atomic E-state index is 13.7. The van der Waals surface area contributed by atoms with E-state index in [1.54, 1.807) is 0 Å². The van der Waals surface area contributed by atoms with Crippen molar-refractivity contribution in [2.45, 2.75) is 89.1 Å². The molecule has 2 nitrogen and oxygen atoms in total. The van der Waals surface area contributed by atoms with Crippen LogP contribution in [0.5, 0.6) is 0 Å². The van der Waals surface area contributed by atoms with E-state index in [4.69, 9.17) is 0 Å². The van der Waals surface area contributed by atoms with Gasteiger partial charge in [-0.2, -0.15) is 136 Å². The molecule has 0 spiro atoms. The van der Waals surface area contributed by atoms with Crippen LogP contribution < -0.4 is 5.11 Å². The summed E-state index contributed by atoms with van der Waals surface area (Å²) in [5.74, 6) is -139. The van der Waals surface area contributed by atoms with Gasteiger partial charge in [-0.1, -0.05) is 0 Å². The third kappa shape index (κ3) is 5.52. The minimum absolute atomic E-state index is 0. The summed E-state index contributed by atoms with van der Waals surface area (Å²) in [4.78, 5) is 9.81. The number of alkyl halides is 31. The molecule has 0 saturated heterocycles. The number of carbonyl (C=O) groups is 1. The van der Waals surface area contributed by atoms with Crippen LogP contribution in [0.4, 0.5) is 136 Å². The van der Waals surface area contributed by atoms with Gasteiger partial charge in [0.15, 0.2) is 0 Å². The van der Waals surface area contributed by atoms with Gasteiger partial charge in [0.2, 0.25) is 0 Å². The van der Waals surface area contributed by atoms with Crippen LogP contribution in [0.25, 0.3) is 0 Å². The van der Waals surface area contributed by atoms with Gasteiger partial charge in [-0.25, -0.2) is 0 Å². The molecule has 0 fully saturated rings. The molecule has 0 N–H and O–H groups in total. The van der Waals surface area contributed by atoms with E-state index in [0.717, 1.165) is 0 Å². The Morgan fingerprint density at radius 3 is 0.500 bits per heavy atom. The largest absolute Gasteiger partial charge is 1.00 e. The predicted octanol–water partition coefficient (Wildman–Crippen LogP) is 8.19. The molecule has 0 amide bonds. The van der Waals surface area contributed by atoms with Gasteiger partial charge in [0.1, 0.15) is 5.97 Å². The van der Waals surface area contributed by atoms with Crippen molar-refractivity contribution >= 4 is 5.97 Å². The minimum Gasteiger partial charge on any atom is -0.544 e. The van der Waals surface area contributed by atoms with Gasteiger partial charge in [0, 0.05) is 0 Å². The Hall–Kier alpha value is -1.96. The Bertz CT molecular complexity index is 1260. The monoisotopic (exact) mass is 920 g/mol. The molecule has 0 aliphatic carbocycles. The average molecular weight is 921 g/mol. The Kier molecular flexibility index (Phi) is 12.1. The SMILES string of the molecule is O=C([O-])C(F)(F)C(F)(F)C(F)(F)C(F)(F)C(F)(F)C(F)(F)C(F)(F)C(F)(F)C(F)(F)C(F)(F)C(F)(F)C(F)(F)C(F)(F)C(F)(F)C(F)(F)F.[Ag+]. The molecule has 0 aromatic heterocycles. The topological polar surface area (TPSA) is 40.1 Å². The van der Waals surface area contributed by atoms with E-state index in [0.29, 0.717) is 0 Å². The molecular formula is C16AgF31O2. The quantitative estimate of drug-likeness (QED) is 0.130. The van der Waals surface area contributed by atoms with Crippen LogP contribution in [0.1, 0.15) is 0 Å². The molecular weight excluding hydrogens is 921 g/mol. The van der Waals surface area contributed by atoms with Crippen molar-refractivity contribution in [2.24, 2.45) is 0 Å². The van der Waals surface area contributed by atoms with Gasteiger partial charge in [0.05, 0.1) is 0 Å². The van der Waals surface area contributed by atoms with E-state index in [1.807, 2.05) is 0 Å². The smallest absolute Gasteiger partial charge is 0.544 e. The first-order valence-corrected chi connectivity index (χ1v) is 10.0. The van der Waals surface area contributed by atoms with E-state index in [9.17, 15) is 146 Å². The maximum absolute atomic E-state index is 13.7. The summed E-state index contributed by atoms with van der Waals surface area (Å²) in [7, 11) is 0. The first-order chi connectivity index (χ1) is 20.4. The van der Waals surface area contributed by atoms with Crippen LogP contribution in [0, 0.1) is 0 Å². The van der Waals surface area contributed by atoms with Gasteiger partial charge in [-0.3, -0.25) is 0 Å². The van der Waals surface area contributed by atoms with Crippen LogP contribution in [-0.2, 0) is 27.2 Å². The van der Waals surface area contributed by atoms with Gasteiger partial charge in [0.25, 0.3) is 0 Å². The normalized spacial score (nSPS) is 16.7. The number of aliphatic carboxylic acids is 1. The molecule has 50 heavy (non-hydrogen) atoms. The van der Waals surface area contributed by atoms with Crippen molar-refractivity contribution < 1.29 is 168 Å². The molecule has 0 rings (SSSR count). The zero-order chi connectivity index (χ0) is 41.1. The molecule has 0 heterocycles. The van der Waals surface area contributed by atoms with Crippen LogP contribution in [0.2, 0.25) is 0 Å². The Labute approximate surface area is 264 Å². The summed E-state index contributed by atoms with van der Waals surface area (Å²) in [6, 6.07) is 0. The van der Waals surface area contributed by atoms with E-state index in [-0.39, 0.29) is 22.4 Å². The van der Waals surface area contributed by atoms with Crippen molar-refractivity contribution in [1.29, 1.82) is 0 Å². The van der Waals surface area contributed by atoms with Gasteiger partial charge >= 0.3 is 111 Å². The molecule has 0 aliphatic rings. The van der Waals surface area contributed by atoms with Gasteiger partial charge in [-0.15, -0.1) is 0 Å². The first kappa shape index (κ1) is 50.1. The Balaban J connectivity index is 0. The fraction of sp³-hybridized carbons (Fsp3) is 0.938. The molecule has 0 aromatic rings. The number of hydrogen-bond donors (Lipinski definition) is 0. The third-order valence-electron chi connectivity index (χ3n) is 5.74. The number of rotatable bonds is 14. The number of hydrogen-bond acceptors (Lipinski definition) is 2. The van der Waals surface area contributed by atoms with E-state index in [1.165, 1.54) is 0 Å². The molecule has 0 radical (unpaired) electrons. The third-order valence-corrected chi connectivity index (χ3v) is 5.74. The fourth-order valence-corrected chi connectivity index (χ4v) is 2.67. The van der Waals surface area contributed by atoms with Crippen molar-refractivity contribution in [1.82, 2.24) is 0 Å². The maximum Gasteiger partial charge on any atom is 1.00 e. The van der Waals surface area contributed by atoms with Gasteiger partial charge in [-0.05, 0) is 0 Å². The molecule has 0 saturated carbocycles. The molecule has 0 bridgehead atoms. The average Bonchev–Trinajstić information content (AvgIpc) is 2.86. The van der Waals surface area contributed by atoms with Crippen LogP contribution in [0.15, 0.2) is 0 Å². The van der Waals surface area contributed by atoms with Gasteiger partial charge < -0.3 is 9.90 Å². The van der Waals surface area contributed by atoms with Crippen LogP contribution in [-0.4, -0.2) is 95.1 Å². The molecule has 34 heteroatoms. The Morgan fingerprint density at radius 1 is 0.260 bits per heavy atom. The van der Waals surface area contributed by atoms with Crippen molar-refractivity contribution in [3.8, 4) is 0 Å². The second-order valence-corrected chi connectivity index (χ2v) is 8.83. The molecule has 0 unspecified atom stereocenters. The van der Waals surface area contributed by atoms with Crippen molar-refractivity contribution in [2.75, 3.05) is 0 Å². The fourth-order valence-electron chi connectivity index (χ4n) is 2.67. The summed E-state index contributed by atoms with van der Waals surface area (Å²) in [5.41, 5.74) is 0. The number of carboxylic acids is 1. The second-order valence-electron chi connectivity index (χ2n) is 8.83. The van der Waals surface area contributed by atoms with E-state index in [2.05, 4.69) is 0 Å². The van der Waals surface area contributed by atoms with E-state index >= 15 is 0 Å². The number of carboxylic acid groups (broad SMARTS) is 1. The van der Waals surface area contributed by atoms with Crippen LogP contribution in [0.3, 0.4) is 0 Å². The summed E-state index contributed by atoms with van der Waals surface area (Å²) in [6.07, 6.45) is -8.37. The first-order valence-electron chi connectivity index (χ1n) is 10.0. The molecule has 0 aromatic carbocycles. The standard InChI is InChI=1S/C16HF31O2.Ag/c17-2(18,1(48)49)3(19,20)4(21,22)5(23,24)6(25,26)7(27,28)8(29,30)9(31,32)10(33,34)11(35,36)12(37,38)13(39,40)14(41,42)15(43,44)16(45,46)47;/h(H,48,49);/q;+1/p-1. The summed E-state index contributed by atoms with van der Waals surface area (Å²) < 4.78 is 410. The van der Waals surface area contributed by atoms with Crippen LogP contribution >= 0.6 is 0 Å². The zero-order valence-corrected chi connectivity index (χ0v) is 22.3. The Morgan fingerprint density at radius 2 is 0.380 bits per heavy atom. The van der Waals surface area contributed by atoms with E-state index < -0.39 is 95.1 Å². The van der Waals surface area contributed by atoms with Crippen molar-refractivity contribution in [3.05, 3.63) is 0 Å². The minimum atomic E-state index is -10.2. The second kappa shape index (κ2) is 12.0. The zero-order valence-electron chi connectivity index (χ0n) is 20.8. The number of halogens is 31. The van der Waals surface area contributed by atoms with Crippen molar-refractivity contribution in [3.63, 3.8) is 0 Å². The molecule has 0 aliphatic heterocycles. The number of carbonyl (C=O) groups excluding carboxylic acids is 1. The molecule has 0 atom stereocenters. The summed E-state index contributed by atoms with van der Waals surface area (Å²) >= 11 is 0. The summed E-state index contributed by atoms with van der Waals surface area (Å²) in [6.45, 7) is 0. The summed E-state index contributed by atoms with van der Waals surface area (Å²) in [5, 5.41) is 9.81. The predicted molar refractivity (Wildman–Crippen MR) is 80.3 cm³/mol. The molecule has 304 valence electrons.